The summed E-state index contributed by atoms with van der Waals surface area (Å²) in [6.07, 6.45) is 0.881. The van der Waals surface area contributed by atoms with Gasteiger partial charge in [0.25, 0.3) is 0 Å². The number of hydrogen-bond acceptors (Lipinski definition) is 1. The number of carboxylic acids is 1. The molecule has 1 rings (SSSR count). The molecule has 2 atom stereocenters. The van der Waals surface area contributed by atoms with E-state index in [1.807, 2.05) is 44.2 Å². The number of aliphatic carboxylic acids is 1. The van der Waals surface area contributed by atoms with E-state index < -0.39 is 5.97 Å². The van der Waals surface area contributed by atoms with Crippen molar-refractivity contribution in [1.82, 2.24) is 0 Å². The van der Waals surface area contributed by atoms with Crippen LogP contribution in [-0.4, -0.2) is 11.1 Å². The van der Waals surface area contributed by atoms with E-state index in [2.05, 4.69) is 0 Å². The molecule has 0 heterocycles. The van der Waals surface area contributed by atoms with Gasteiger partial charge < -0.3 is 5.11 Å². The van der Waals surface area contributed by atoms with Gasteiger partial charge in [-0.15, -0.1) is 0 Å². The van der Waals surface area contributed by atoms with E-state index in [0.717, 1.165) is 12.0 Å². The summed E-state index contributed by atoms with van der Waals surface area (Å²) in [4.78, 5) is 11.1. The largest absolute Gasteiger partial charge is 0.481 e. The number of carboxylic acid groups (broad SMARTS) is 1. The van der Waals surface area contributed by atoms with E-state index in [9.17, 15) is 4.79 Å². The number of rotatable bonds is 4. The molecule has 0 amide bonds. The first kappa shape index (κ1) is 10.8. The lowest BCUT2D eigenvalue weighted by molar-refractivity contribution is -0.140. The molecule has 1 unspecified atom stereocenters. The minimum Gasteiger partial charge on any atom is -0.481 e. The molecule has 0 aliphatic heterocycles. The van der Waals surface area contributed by atoms with E-state index in [1.54, 1.807) is 0 Å². The Hall–Kier alpha value is -1.31. The number of hydrogen-bond donors (Lipinski definition) is 1. The predicted molar refractivity (Wildman–Crippen MR) is 56.3 cm³/mol. The van der Waals surface area contributed by atoms with Crippen molar-refractivity contribution >= 4 is 5.97 Å². The second-order valence-corrected chi connectivity index (χ2v) is 3.61. The minimum atomic E-state index is -0.731. The van der Waals surface area contributed by atoms with Crippen LogP contribution in [0.5, 0.6) is 0 Å². The van der Waals surface area contributed by atoms with Crippen LogP contribution in [0.1, 0.15) is 31.7 Å². The Morgan fingerprint density at radius 3 is 2.36 bits per heavy atom. The normalized spacial score (nSPS) is 14.7. The molecule has 0 spiro atoms. The van der Waals surface area contributed by atoms with Gasteiger partial charge in [0.2, 0.25) is 0 Å². The van der Waals surface area contributed by atoms with Crippen LogP contribution in [0.15, 0.2) is 30.3 Å². The van der Waals surface area contributed by atoms with E-state index in [4.69, 9.17) is 5.11 Å². The molecule has 1 aromatic carbocycles. The van der Waals surface area contributed by atoms with Crippen LogP contribution in [0.2, 0.25) is 0 Å². The van der Waals surface area contributed by atoms with Gasteiger partial charge in [-0.3, -0.25) is 4.79 Å². The molecule has 0 saturated carbocycles. The maximum absolute atomic E-state index is 11.1. The van der Waals surface area contributed by atoms with Crippen LogP contribution in [0, 0.1) is 5.92 Å². The topological polar surface area (TPSA) is 37.3 Å². The Labute approximate surface area is 84.6 Å². The fourth-order valence-corrected chi connectivity index (χ4v) is 1.61. The summed E-state index contributed by atoms with van der Waals surface area (Å²) in [6.45, 7) is 4.00. The van der Waals surface area contributed by atoms with Gasteiger partial charge in [0.05, 0.1) is 5.92 Å². The van der Waals surface area contributed by atoms with Crippen molar-refractivity contribution < 1.29 is 9.90 Å². The highest BCUT2D eigenvalue weighted by Crippen LogP contribution is 2.26. The maximum Gasteiger partial charge on any atom is 0.311 e. The molecule has 0 bridgehead atoms. The molecule has 2 nitrogen and oxygen atoms in total. The molecule has 0 aliphatic carbocycles. The highest BCUT2D eigenvalue weighted by atomic mass is 16.4. The van der Waals surface area contributed by atoms with Crippen LogP contribution in [0.4, 0.5) is 0 Å². The summed E-state index contributed by atoms with van der Waals surface area (Å²) in [5.74, 6) is -0.929. The van der Waals surface area contributed by atoms with Gasteiger partial charge in [0.1, 0.15) is 0 Å². The quantitative estimate of drug-likeness (QED) is 0.796. The Morgan fingerprint density at radius 2 is 1.93 bits per heavy atom. The fourth-order valence-electron chi connectivity index (χ4n) is 1.61. The van der Waals surface area contributed by atoms with Crippen molar-refractivity contribution in [3.8, 4) is 0 Å². The molecule has 0 saturated heterocycles. The first-order chi connectivity index (χ1) is 6.66. The average Bonchev–Trinajstić information content (AvgIpc) is 2.19. The van der Waals surface area contributed by atoms with E-state index >= 15 is 0 Å². The molecule has 14 heavy (non-hydrogen) atoms. The zero-order chi connectivity index (χ0) is 10.6. The van der Waals surface area contributed by atoms with Gasteiger partial charge in [0, 0.05) is 0 Å². The summed E-state index contributed by atoms with van der Waals surface area (Å²) in [5, 5.41) is 9.13. The molecule has 1 N–H and O–H groups in total. The highest BCUT2D eigenvalue weighted by Gasteiger charge is 2.24. The molecule has 0 aromatic heterocycles. The Kier molecular flexibility index (Phi) is 3.69. The fraction of sp³-hybridized carbons (Fsp3) is 0.417. The molecule has 0 aliphatic rings. The molecule has 2 heteroatoms. The van der Waals surface area contributed by atoms with Gasteiger partial charge in [-0.1, -0.05) is 50.6 Å². The van der Waals surface area contributed by atoms with Crippen LogP contribution >= 0.6 is 0 Å². The monoisotopic (exact) mass is 192 g/mol. The second-order valence-electron chi connectivity index (χ2n) is 3.61. The van der Waals surface area contributed by atoms with E-state index in [1.165, 1.54) is 0 Å². The molecular weight excluding hydrogens is 176 g/mol. The van der Waals surface area contributed by atoms with Gasteiger partial charge in [-0.25, -0.2) is 0 Å². The summed E-state index contributed by atoms with van der Waals surface area (Å²) in [6, 6.07) is 9.43. The summed E-state index contributed by atoms with van der Waals surface area (Å²) >= 11 is 0. The smallest absolute Gasteiger partial charge is 0.311 e. The van der Waals surface area contributed by atoms with Crippen molar-refractivity contribution in [1.29, 1.82) is 0 Å². The SMILES string of the molecule is CC[C@H](C)C(C(=O)O)c1ccccc1. The zero-order valence-electron chi connectivity index (χ0n) is 8.60. The highest BCUT2D eigenvalue weighted by molar-refractivity contribution is 5.76. The minimum absolute atomic E-state index is 0.176. The number of benzene rings is 1. The van der Waals surface area contributed by atoms with E-state index in [0.29, 0.717) is 0 Å². The molecular formula is C12H16O2. The third kappa shape index (κ3) is 2.34. The third-order valence-corrected chi connectivity index (χ3v) is 2.64. The second kappa shape index (κ2) is 4.80. The van der Waals surface area contributed by atoms with Gasteiger partial charge in [-0.05, 0) is 11.5 Å². The third-order valence-electron chi connectivity index (χ3n) is 2.64. The van der Waals surface area contributed by atoms with Gasteiger partial charge in [-0.2, -0.15) is 0 Å². The standard InChI is InChI=1S/C12H16O2/c1-3-9(2)11(12(13)14)10-7-5-4-6-8-10/h4-9,11H,3H2,1-2H3,(H,13,14)/t9-,11?/m0/s1. The molecule has 1 aromatic rings. The lowest BCUT2D eigenvalue weighted by Gasteiger charge is -2.18. The first-order valence-corrected chi connectivity index (χ1v) is 4.94. The Morgan fingerprint density at radius 1 is 1.36 bits per heavy atom. The Bertz CT molecular complexity index is 292. The molecule has 76 valence electrons. The van der Waals surface area contributed by atoms with Crippen molar-refractivity contribution in [2.45, 2.75) is 26.2 Å². The van der Waals surface area contributed by atoms with Crippen molar-refractivity contribution in [3.63, 3.8) is 0 Å². The van der Waals surface area contributed by atoms with Crippen LogP contribution in [-0.2, 0) is 4.79 Å². The molecule has 0 radical (unpaired) electrons. The lowest BCUT2D eigenvalue weighted by Crippen LogP contribution is -2.18. The van der Waals surface area contributed by atoms with Gasteiger partial charge in [0.15, 0.2) is 0 Å². The van der Waals surface area contributed by atoms with Crippen LogP contribution in [0.25, 0.3) is 0 Å². The average molecular weight is 192 g/mol. The maximum atomic E-state index is 11.1. The summed E-state index contributed by atoms with van der Waals surface area (Å²) < 4.78 is 0. The summed E-state index contributed by atoms with van der Waals surface area (Å²) in [7, 11) is 0. The van der Waals surface area contributed by atoms with Crippen LogP contribution < -0.4 is 0 Å². The van der Waals surface area contributed by atoms with Crippen LogP contribution in [0.3, 0.4) is 0 Å². The van der Waals surface area contributed by atoms with Gasteiger partial charge >= 0.3 is 5.97 Å². The van der Waals surface area contributed by atoms with Crippen molar-refractivity contribution in [2.75, 3.05) is 0 Å². The molecule has 0 fully saturated rings. The lowest BCUT2D eigenvalue weighted by atomic mass is 9.86. The van der Waals surface area contributed by atoms with E-state index in [-0.39, 0.29) is 11.8 Å². The zero-order valence-corrected chi connectivity index (χ0v) is 8.60. The predicted octanol–water partition coefficient (Wildman–Crippen LogP) is 2.90. The Balaban J connectivity index is 2.95. The summed E-state index contributed by atoms with van der Waals surface area (Å²) in [5.41, 5.74) is 0.898. The first-order valence-electron chi connectivity index (χ1n) is 4.94. The van der Waals surface area contributed by atoms with Crippen molar-refractivity contribution in [3.05, 3.63) is 35.9 Å². The number of carbonyl (C=O) groups is 1. The van der Waals surface area contributed by atoms with Crippen molar-refractivity contribution in [2.24, 2.45) is 5.92 Å².